The number of furan rings is 1. The first-order chi connectivity index (χ1) is 8.43. The number of aromatic nitrogens is 1. The highest BCUT2D eigenvalue weighted by atomic mass is 16.3. The number of hydrogen-bond acceptors (Lipinski definition) is 2. The molecule has 0 aliphatic carbocycles. The lowest BCUT2D eigenvalue weighted by molar-refractivity contribution is 0.582. The van der Waals surface area contributed by atoms with Crippen LogP contribution in [0.25, 0.3) is 22.5 Å². The summed E-state index contributed by atoms with van der Waals surface area (Å²) in [6.07, 6.45) is 5.29. The van der Waals surface area contributed by atoms with Gasteiger partial charge >= 0.3 is 0 Å². The van der Waals surface area contributed by atoms with E-state index in [1.54, 1.807) is 18.7 Å². The predicted octanol–water partition coefficient (Wildman–Crippen LogP) is 4.01. The van der Waals surface area contributed by atoms with Crippen LogP contribution in [0.15, 0.2) is 71.6 Å². The molecule has 2 heterocycles. The monoisotopic (exact) mass is 221 g/mol. The Morgan fingerprint density at radius 3 is 2.35 bits per heavy atom. The van der Waals surface area contributed by atoms with Crippen molar-refractivity contribution in [2.45, 2.75) is 0 Å². The Labute approximate surface area is 99.6 Å². The summed E-state index contributed by atoms with van der Waals surface area (Å²) in [5.74, 6) is 0.890. The third-order valence-electron chi connectivity index (χ3n) is 2.68. The minimum absolute atomic E-state index is 0.890. The molecule has 0 bridgehead atoms. The Hall–Kier alpha value is -2.35. The summed E-state index contributed by atoms with van der Waals surface area (Å²) in [6.45, 7) is 0. The maximum atomic E-state index is 5.40. The van der Waals surface area contributed by atoms with Gasteiger partial charge < -0.3 is 4.42 Å². The summed E-state index contributed by atoms with van der Waals surface area (Å²) in [5, 5.41) is 0. The van der Waals surface area contributed by atoms with Crippen LogP contribution in [0, 0.1) is 0 Å². The fourth-order valence-electron chi connectivity index (χ4n) is 1.84. The van der Waals surface area contributed by atoms with Crippen LogP contribution in [-0.2, 0) is 0 Å². The normalized spacial score (nSPS) is 10.4. The molecule has 0 unspecified atom stereocenters. The lowest BCUT2D eigenvalue weighted by Gasteiger charge is -2.03. The van der Waals surface area contributed by atoms with E-state index < -0.39 is 0 Å². The van der Waals surface area contributed by atoms with Crippen molar-refractivity contribution in [2.24, 2.45) is 0 Å². The van der Waals surface area contributed by atoms with Crippen molar-refractivity contribution in [3.8, 4) is 22.5 Å². The number of benzene rings is 1. The van der Waals surface area contributed by atoms with Crippen molar-refractivity contribution in [2.75, 3.05) is 0 Å². The predicted molar refractivity (Wildman–Crippen MR) is 67.4 cm³/mol. The molecule has 3 aromatic rings. The Kier molecular flexibility index (Phi) is 2.47. The molecule has 0 atom stereocenters. The quantitative estimate of drug-likeness (QED) is 0.653. The standard InChI is InChI=1S/C15H11NO/c1-3-13(12-6-8-16-9-7-12)11-14(4-1)15-5-2-10-17-15/h1-11H. The van der Waals surface area contributed by atoms with Crippen molar-refractivity contribution in [3.05, 3.63) is 67.2 Å². The van der Waals surface area contributed by atoms with Crippen LogP contribution in [0.1, 0.15) is 0 Å². The molecule has 0 aliphatic rings. The highest BCUT2D eigenvalue weighted by Crippen LogP contribution is 2.25. The molecular formula is C15H11NO. The van der Waals surface area contributed by atoms with Gasteiger partial charge in [0.05, 0.1) is 6.26 Å². The van der Waals surface area contributed by atoms with E-state index in [0.717, 1.165) is 16.9 Å². The summed E-state index contributed by atoms with van der Waals surface area (Å²) in [7, 11) is 0. The van der Waals surface area contributed by atoms with Crippen molar-refractivity contribution < 1.29 is 4.42 Å². The molecule has 2 heteroatoms. The van der Waals surface area contributed by atoms with Crippen LogP contribution >= 0.6 is 0 Å². The van der Waals surface area contributed by atoms with Gasteiger partial charge in [-0.3, -0.25) is 4.98 Å². The molecule has 0 fully saturated rings. The molecule has 1 aromatic carbocycles. The minimum atomic E-state index is 0.890. The molecule has 0 spiro atoms. The third-order valence-corrected chi connectivity index (χ3v) is 2.68. The van der Waals surface area contributed by atoms with E-state index in [9.17, 15) is 0 Å². The van der Waals surface area contributed by atoms with Gasteiger partial charge in [-0.2, -0.15) is 0 Å². The second-order valence-corrected chi connectivity index (χ2v) is 3.79. The zero-order chi connectivity index (χ0) is 11.5. The van der Waals surface area contributed by atoms with E-state index in [0.29, 0.717) is 0 Å². The molecule has 3 rings (SSSR count). The van der Waals surface area contributed by atoms with Crippen molar-refractivity contribution in [1.82, 2.24) is 4.98 Å². The van der Waals surface area contributed by atoms with E-state index in [4.69, 9.17) is 4.42 Å². The van der Waals surface area contributed by atoms with Gasteiger partial charge in [-0.05, 0) is 41.5 Å². The number of pyridine rings is 1. The lowest BCUT2D eigenvalue weighted by Crippen LogP contribution is -1.80. The van der Waals surface area contributed by atoms with E-state index in [1.165, 1.54) is 5.56 Å². The maximum absolute atomic E-state index is 5.40. The van der Waals surface area contributed by atoms with Crippen molar-refractivity contribution in [3.63, 3.8) is 0 Å². The first kappa shape index (κ1) is 9.85. The lowest BCUT2D eigenvalue weighted by atomic mass is 10.0. The van der Waals surface area contributed by atoms with Crippen LogP contribution in [0.2, 0.25) is 0 Å². The van der Waals surface area contributed by atoms with E-state index in [-0.39, 0.29) is 0 Å². The second kappa shape index (κ2) is 4.26. The van der Waals surface area contributed by atoms with Crippen LogP contribution < -0.4 is 0 Å². The first-order valence-electron chi connectivity index (χ1n) is 5.48. The largest absolute Gasteiger partial charge is 0.464 e. The maximum Gasteiger partial charge on any atom is 0.133 e. The summed E-state index contributed by atoms with van der Waals surface area (Å²) in [4.78, 5) is 4.02. The molecule has 17 heavy (non-hydrogen) atoms. The molecular weight excluding hydrogens is 210 g/mol. The van der Waals surface area contributed by atoms with Gasteiger partial charge in [0.1, 0.15) is 5.76 Å². The average Bonchev–Trinajstić information content (AvgIpc) is 2.94. The smallest absolute Gasteiger partial charge is 0.133 e. The summed E-state index contributed by atoms with van der Waals surface area (Å²) in [5.41, 5.74) is 3.42. The van der Waals surface area contributed by atoms with E-state index in [1.807, 2.05) is 36.4 Å². The van der Waals surface area contributed by atoms with Crippen LogP contribution in [0.3, 0.4) is 0 Å². The molecule has 0 saturated carbocycles. The fraction of sp³-hybridized carbons (Fsp3) is 0. The average molecular weight is 221 g/mol. The molecule has 0 N–H and O–H groups in total. The van der Waals surface area contributed by atoms with Gasteiger partial charge in [0.15, 0.2) is 0 Å². The summed E-state index contributed by atoms with van der Waals surface area (Å²) < 4.78 is 5.40. The van der Waals surface area contributed by atoms with E-state index in [2.05, 4.69) is 17.1 Å². The third kappa shape index (κ3) is 1.97. The van der Waals surface area contributed by atoms with Gasteiger partial charge in [-0.1, -0.05) is 18.2 Å². The van der Waals surface area contributed by atoms with Crippen molar-refractivity contribution in [1.29, 1.82) is 0 Å². The van der Waals surface area contributed by atoms with Gasteiger partial charge in [0, 0.05) is 18.0 Å². The number of nitrogens with zero attached hydrogens (tertiary/aromatic N) is 1. The van der Waals surface area contributed by atoms with Gasteiger partial charge in [0.2, 0.25) is 0 Å². The number of rotatable bonds is 2. The van der Waals surface area contributed by atoms with Crippen molar-refractivity contribution >= 4 is 0 Å². The zero-order valence-electron chi connectivity index (χ0n) is 9.21. The highest BCUT2D eigenvalue weighted by molar-refractivity contribution is 5.70. The molecule has 0 amide bonds. The molecule has 0 aliphatic heterocycles. The minimum Gasteiger partial charge on any atom is -0.464 e. The Bertz CT molecular complexity index is 600. The Morgan fingerprint density at radius 2 is 1.59 bits per heavy atom. The molecule has 2 nitrogen and oxygen atoms in total. The Morgan fingerprint density at radius 1 is 0.765 bits per heavy atom. The Balaban J connectivity index is 2.06. The molecule has 82 valence electrons. The van der Waals surface area contributed by atoms with Gasteiger partial charge in [-0.25, -0.2) is 0 Å². The first-order valence-corrected chi connectivity index (χ1v) is 5.48. The van der Waals surface area contributed by atoms with Gasteiger partial charge in [-0.15, -0.1) is 0 Å². The highest BCUT2D eigenvalue weighted by Gasteiger charge is 2.02. The second-order valence-electron chi connectivity index (χ2n) is 3.79. The van der Waals surface area contributed by atoms with E-state index >= 15 is 0 Å². The molecule has 0 saturated heterocycles. The van der Waals surface area contributed by atoms with Crippen LogP contribution in [0.4, 0.5) is 0 Å². The van der Waals surface area contributed by atoms with Gasteiger partial charge in [0.25, 0.3) is 0 Å². The topological polar surface area (TPSA) is 26.0 Å². The molecule has 0 radical (unpaired) electrons. The van der Waals surface area contributed by atoms with Crippen LogP contribution in [-0.4, -0.2) is 4.98 Å². The van der Waals surface area contributed by atoms with Crippen LogP contribution in [0.5, 0.6) is 0 Å². The summed E-state index contributed by atoms with van der Waals surface area (Å²) >= 11 is 0. The fourth-order valence-corrected chi connectivity index (χ4v) is 1.84. The molecule has 2 aromatic heterocycles. The number of hydrogen-bond donors (Lipinski definition) is 0. The summed E-state index contributed by atoms with van der Waals surface area (Å²) in [6, 6.07) is 16.1. The zero-order valence-corrected chi connectivity index (χ0v) is 9.21. The SMILES string of the molecule is c1cc(-c2ccncc2)cc(-c2ccco2)c1.